The minimum absolute atomic E-state index is 0. The van der Waals surface area contributed by atoms with Crippen LogP contribution in [0.15, 0.2) is 6.07 Å². The van der Waals surface area contributed by atoms with E-state index < -0.39 is 0 Å². The number of hydrogen-bond acceptors (Lipinski definition) is 3. The van der Waals surface area contributed by atoms with E-state index in [1.54, 1.807) is 0 Å². The summed E-state index contributed by atoms with van der Waals surface area (Å²) in [5.41, 5.74) is 6.57. The number of fused-ring (bicyclic) bond motifs is 1. The molecule has 2 N–H and O–H groups in total. The SMILES string of the molecule is CC1(C)COc2cc(CN)nn2C1.Cl. The van der Waals surface area contributed by atoms with Crippen LogP contribution in [0.2, 0.25) is 0 Å². The molecule has 4 nitrogen and oxygen atoms in total. The molecule has 5 heteroatoms. The minimum Gasteiger partial charge on any atom is -0.477 e. The molecule has 14 heavy (non-hydrogen) atoms. The molecule has 0 saturated carbocycles. The lowest BCUT2D eigenvalue weighted by Crippen LogP contribution is -2.32. The molecule has 2 rings (SSSR count). The van der Waals surface area contributed by atoms with Gasteiger partial charge in [-0.2, -0.15) is 5.10 Å². The maximum Gasteiger partial charge on any atom is 0.212 e. The van der Waals surface area contributed by atoms with Gasteiger partial charge in [0.15, 0.2) is 0 Å². The molecule has 0 atom stereocenters. The molecule has 0 aromatic carbocycles. The van der Waals surface area contributed by atoms with Crippen molar-refractivity contribution < 1.29 is 4.74 Å². The van der Waals surface area contributed by atoms with Crippen LogP contribution >= 0.6 is 12.4 Å². The minimum atomic E-state index is 0. The van der Waals surface area contributed by atoms with Gasteiger partial charge in [-0.15, -0.1) is 12.4 Å². The molecule has 0 unspecified atom stereocenters. The fourth-order valence-corrected chi connectivity index (χ4v) is 1.50. The number of hydrogen-bond donors (Lipinski definition) is 1. The largest absolute Gasteiger partial charge is 0.477 e. The van der Waals surface area contributed by atoms with Crippen LogP contribution in [-0.2, 0) is 13.1 Å². The van der Waals surface area contributed by atoms with Crippen molar-refractivity contribution in [2.45, 2.75) is 26.9 Å². The first-order chi connectivity index (χ1) is 6.11. The van der Waals surface area contributed by atoms with Crippen molar-refractivity contribution in [3.63, 3.8) is 0 Å². The summed E-state index contributed by atoms with van der Waals surface area (Å²) in [6.07, 6.45) is 0. The Kier molecular flexibility index (Phi) is 3.07. The van der Waals surface area contributed by atoms with Crippen LogP contribution in [0.1, 0.15) is 19.5 Å². The van der Waals surface area contributed by atoms with Crippen LogP contribution in [0.4, 0.5) is 0 Å². The zero-order chi connectivity index (χ0) is 9.47. The fraction of sp³-hybridized carbons (Fsp3) is 0.667. The number of rotatable bonds is 1. The third-order valence-corrected chi connectivity index (χ3v) is 2.19. The van der Waals surface area contributed by atoms with Gasteiger partial charge in [-0.05, 0) is 0 Å². The summed E-state index contributed by atoms with van der Waals surface area (Å²) in [5, 5.41) is 4.33. The Labute approximate surface area is 89.8 Å². The average Bonchev–Trinajstić information content (AvgIpc) is 2.44. The maximum atomic E-state index is 5.57. The van der Waals surface area contributed by atoms with Gasteiger partial charge in [-0.3, -0.25) is 0 Å². The first-order valence-corrected chi connectivity index (χ1v) is 4.50. The Morgan fingerprint density at radius 3 is 3.00 bits per heavy atom. The van der Waals surface area contributed by atoms with Crippen LogP contribution in [0.25, 0.3) is 0 Å². The van der Waals surface area contributed by atoms with E-state index in [2.05, 4.69) is 18.9 Å². The highest BCUT2D eigenvalue weighted by Crippen LogP contribution is 2.28. The third kappa shape index (κ3) is 2.01. The lowest BCUT2D eigenvalue weighted by Gasteiger charge is -2.29. The summed E-state index contributed by atoms with van der Waals surface area (Å²) in [6, 6.07) is 1.91. The molecule has 1 aliphatic rings. The molecule has 0 saturated heterocycles. The highest BCUT2D eigenvalue weighted by molar-refractivity contribution is 5.85. The summed E-state index contributed by atoms with van der Waals surface area (Å²) >= 11 is 0. The molecule has 0 bridgehead atoms. The Morgan fingerprint density at radius 2 is 2.36 bits per heavy atom. The van der Waals surface area contributed by atoms with Gasteiger partial charge >= 0.3 is 0 Å². The van der Waals surface area contributed by atoms with Crippen molar-refractivity contribution >= 4 is 12.4 Å². The van der Waals surface area contributed by atoms with Gasteiger partial charge in [0.2, 0.25) is 5.88 Å². The Hall–Kier alpha value is -0.740. The lowest BCUT2D eigenvalue weighted by atomic mass is 9.94. The smallest absolute Gasteiger partial charge is 0.212 e. The molecule has 0 aliphatic carbocycles. The van der Waals surface area contributed by atoms with E-state index >= 15 is 0 Å². The van der Waals surface area contributed by atoms with E-state index in [1.807, 2.05) is 10.7 Å². The highest BCUT2D eigenvalue weighted by atomic mass is 35.5. The topological polar surface area (TPSA) is 53.1 Å². The predicted octanol–water partition coefficient (Wildman–Crippen LogP) is 1.18. The summed E-state index contributed by atoms with van der Waals surface area (Å²) in [6.45, 7) is 6.47. The van der Waals surface area contributed by atoms with Crippen molar-refractivity contribution in [3.05, 3.63) is 11.8 Å². The molecule has 1 aromatic rings. The summed E-state index contributed by atoms with van der Waals surface area (Å²) in [5.74, 6) is 0.847. The molecule has 0 spiro atoms. The quantitative estimate of drug-likeness (QED) is 0.769. The molecule has 0 amide bonds. The molecule has 1 aromatic heterocycles. The summed E-state index contributed by atoms with van der Waals surface area (Å²) in [4.78, 5) is 0. The Morgan fingerprint density at radius 1 is 1.64 bits per heavy atom. The Balaban J connectivity index is 0.000000980. The van der Waals surface area contributed by atoms with Crippen molar-refractivity contribution in [1.29, 1.82) is 0 Å². The van der Waals surface area contributed by atoms with Gasteiger partial charge in [0, 0.05) is 18.0 Å². The van der Waals surface area contributed by atoms with Gasteiger partial charge in [0.25, 0.3) is 0 Å². The molecular weight excluding hydrogens is 202 g/mol. The monoisotopic (exact) mass is 217 g/mol. The van der Waals surface area contributed by atoms with Crippen LogP contribution in [0, 0.1) is 5.41 Å². The third-order valence-electron chi connectivity index (χ3n) is 2.19. The van der Waals surface area contributed by atoms with Crippen LogP contribution in [0.5, 0.6) is 5.88 Å². The number of nitrogens with zero attached hydrogens (tertiary/aromatic N) is 2. The fourth-order valence-electron chi connectivity index (χ4n) is 1.50. The Bertz CT molecular complexity index is 322. The summed E-state index contributed by atoms with van der Waals surface area (Å²) in [7, 11) is 0. The molecule has 80 valence electrons. The molecule has 0 fully saturated rings. The lowest BCUT2D eigenvalue weighted by molar-refractivity contribution is 0.100. The zero-order valence-corrected chi connectivity index (χ0v) is 9.30. The first-order valence-electron chi connectivity index (χ1n) is 4.50. The molecule has 2 heterocycles. The second-order valence-electron chi connectivity index (χ2n) is 4.29. The number of ether oxygens (including phenoxy) is 1. The normalized spacial score (nSPS) is 17.9. The van der Waals surface area contributed by atoms with E-state index in [9.17, 15) is 0 Å². The van der Waals surface area contributed by atoms with Gasteiger partial charge in [0.05, 0.1) is 18.8 Å². The van der Waals surface area contributed by atoms with Crippen LogP contribution in [-0.4, -0.2) is 16.4 Å². The van der Waals surface area contributed by atoms with Crippen molar-refractivity contribution in [2.24, 2.45) is 11.1 Å². The molecular formula is C9H16ClN3O. The number of halogens is 1. The van der Waals surface area contributed by atoms with Gasteiger partial charge in [-0.1, -0.05) is 13.8 Å². The summed E-state index contributed by atoms with van der Waals surface area (Å²) < 4.78 is 7.46. The number of aromatic nitrogens is 2. The van der Waals surface area contributed by atoms with E-state index in [-0.39, 0.29) is 17.8 Å². The van der Waals surface area contributed by atoms with E-state index in [1.165, 1.54) is 0 Å². The second-order valence-corrected chi connectivity index (χ2v) is 4.29. The van der Waals surface area contributed by atoms with Crippen molar-refractivity contribution in [1.82, 2.24) is 9.78 Å². The first kappa shape index (κ1) is 11.3. The van der Waals surface area contributed by atoms with Gasteiger partial charge in [-0.25, -0.2) is 4.68 Å². The van der Waals surface area contributed by atoms with E-state index in [0.29, 0.717) is 6.54 Å². The molecule has 0 radical (unpaired) electrons. The van der Waals surface area contributed by atoms with Gasteiger partial charge in [0.1, 0.15) is 0 Å². The van der Waals surface area contributed by atoms with E-state index in [0.717, 1.165) is 24.7 Å². The predicted molar refractivity (Wildman–Crippen MR) is 56.6 cm³/mol. The van der Waals surface area contributed by atoms with E-state index in [4.69, 9.17) is 10.5 Å². The average molecular weight is 218 g/mol. The second kappa shape index (κ2) is 3.79. The van der Waals surface area contributed by atoms with Crippen molar-refractivity contribution in [2.75, 3.05) is 6.61 Å². The molecule has 1 aliphatic heterocycles. The number of nitrogens with two attached hydrogens (primary N) is 1. The zero-order valence-electron chi connectivity index (χ0n) is 8.49. The van der Waals surface area contributed by atoms with Crippen LogP contribution < -0.4 is 10.5 Å². The van der Waals surface area contributed by atoms with Gasteiger partial charge < -0.3 is 10.5 Å². The standard InChI is InChI=1S/C9H15N3O.ClH/c1-9(2)5-12-8(13-6-9)3-7(4-10)11-12;/h3H,4-6,10H2,1-2H3;1H. The van der Waals surface area contributed by atoms with Crippen molar-refractivity contribution in [3.8, 4) is 5.88 Å². The highest BCUT2D eigenvalue weighted by Gasteiger charge is 2.27. The maximum absolute atomic E-state index is 5.57. The van der Waals surface area contributed by atoms with Crippen LogP contribution in [0.3, 0.4) is 0 Å².